The van der Waals surface area contributed by atoms with Gasteiger partial charge in [0.15, 0.2) is 0 Å². The Morgan fingerprint density at radius 3 is 2.89 bits per heavy atom. The Labute approximate surface area is 118 Å². The molecule has 1 aliphatic rings. The van der Waals surface area contributed by atoms with E-state index in [1.165, 1.54) is 0 Å². The highest BCUT2D eigenvalue weighted by atomic mass is 32.1. The summed E-state index contributed by atoms with van der Waals surface area (Å²) in [5, 5.41) is 6.29. The monoisotopic (exact) mass is 283 g/mol. The van der Waals surface area contributed by atoms with Gasteiger partial charge in [-0.2, -0.15) is 0 Å². The highest BCUT2D eigenvalue weighted by molar-refractivity contribution is 7.09. The molecule has 5 nitrogen and oxygen atoms in total. The molecule has 2 rings (SSSR count). The van der Waals surface area contributed by atoms with Crippen molar-refractivity contribution in [1.29, 1.82) is 0 Å². The molecule has 1 N–H and O–H groups in total. The molecule has 0 aromatic carbocycles. The van der Waals surface area contributed by atoms with E-state index in [1.807, 2.05) is 33.1 Å². The molecule has 1 fully saturated rings. The minimum Gasteiger partial charge on any atom is -0.444 e. The highest BCUT2D eigenvalue weighted by Gasteiger charge is 2.32. The molecule has 0 radical (unpaired) electrons. The largest absolute Gasteiger partial charge is 0.444 e. The van der Waals surface area contributed by atoms with Crippen LogP contribution < -0.4 is 5.32 Å². The van der Waals surface area contributed by atoms with Crippen molar-refractivity contribution in [2.24, 2.45) is 0 Å². The Balaban J connectivity index is 2.14. The number of carbonyl (C=O) groups excluding carboxylic acids is 1. The number of thiazole rings is 1. The van der Waals surface area contributed by atoms with Crippen molar-refractivity contribution in [3.63, 3.8) is 0 Å². The van der Waals surface area contributed by atoms with E-state index < -0.39 is 5.60 Å². The zero-order valence-corrected chi connectivity index (χ0v) is 12.7. The van der Waals surface area contributed by atoms with Gasteiger partial charge in [0.1, 0.15) is 10.6 Å². The Morgan fingerprint density at radius 1 is 1.58 bits per heavy atom. The maximum absolute atomic E-state index is 12.3. The zero-order chi connectivity index (χ0) is 14.0. The second-order valence-electron chi connectivity index (χ2n) is 5.72. The maximum atomic E-state index is 12.3. The molecule has 1 aromatic heterocycles. The van der Waals surface area contributed by atoms with E-state index in [0.29, 0.717) is 6.54 Å². The van der Waals surface area contributed by atoms with E-state index >= 15 is 0 Å². The van der Waals surface area contributed by atoms with Gasteiger partial charge >= 0.3 is 6.09 Å². The summed E-state index contributed by atoms with van der Waals surface area (Å²) in [5.41, 5.74) is 0.528. The van der Waals surface area contributed by atoms with E-state index in [-0.39, 0.29) is 12.1 Å². The van der Waals surface area contributed by atoms with E-state index in [4.69, 9.17) is 4.74 Å². The van der Waals surface area contributed by atoms with Crippen LogP contribution in [-0.4, -0.2) is 41.2 Å². The number of nitrogens with one attached hydrogen (secondary N) is 1. The topological polar surface area (TPSA) is 54.5 Å². The van der Waals surface area contributed by atoms with Crippen molar-refractivity contribution >= 4 is 17.4 Å². The van der Waals surface area contributed by atoms with Gasteiger partial charge in [-0.15, -0.1) is 11.3 Å². The fraction of sp³-hybridized carbons (Fsp3) is 0.692. The molecule has 1 saturated heterocycles. The molecule has 6 heteroatoms. The maximum Gasteiger partial charge on any atom is 0.410 e. The molecule has 19 heavy (non-hydrogen) atoms. The third kappa shape index (κ3) is 3.67. The van der Waals surface area contributed by atoms with Crippen LogP contribution in [0.25, 0.3) is 0 Å². The Morgan fingerprint density at radius 2 is 2.32 bits per heavy atom. The molecule has 1 unspecified atom stereocenters. The van der Waals surface area contributed by atoms with Crippen LogP contribution in [0, 0.1) is 6.92 Å². The van der Waals surface area contributed by atoms with Gasteiger partial charge in [-0.3, -0.25) is 4.90 Å². The summed E-state index contributed by atoms with van der Waals surface area (Å²) in [5.74, 6) is 0. The molecule has 0 bridgehead atoms. The fourth-order valence-corrected chi connectivity index (χ4v) is 2.90. The number of hydrogen-bond acceptors (Lipinski definition) is 5. The van der Waals surface area contributed by atoms with Gasteiger partial charge in [0.2, 0.25) is 0 Å². The van der Waals surface area contributed by atoms with Crippen molar-refractivity contribution in [1.82, 2.24) is 15.2 Å². The predicted molar refractivity (Wildman–Crippen MR) is 75.4 cm³/mol. The molecule has 2 heterocycles. The summed E-state index contributed by atoms with van der Waals surface area (Å²) in [6.07, 6.45) is -0.258. The molecule has 1 aliphatic heterocycles. The molecular formula is C13H21N3O2S. The van der Waals surface area contributed by atoms with Gasteiger partial charge in [0.25, 0.3) is 0 Å². The van der Waals surface area contributed by atoms with Gasteiger partial charge in [-0.05, 0) is 27.7 Å². The van der Waals surface area contributed by atoms with E-state index in [1.54, 1.807) is 16.2 Å². The lowest BCUT2D eigenvalue weighted by atomic mass is 10.2. The number of ether oxygens (including phenoxy) is 1. The number of nitrogens with zero attached hydrogens (tertiary/aromatic N) is 2. The lowest BCUT2D eigenvalue weighted by molar-refractivity contribution is 0.0117. The average molecular weight is 283 g/mol. The lowest BCUT2D eigenvalue weighted by Crippen LogP contribution is -2.50. The standard InChI is InChI=1S/C13H21N3O2S/c1-9-8-19-11(15-9)10-7-14-5-6-16(10)12(17)18-13(2,3)4/h8,10,14H,5-7H2,1-4H3. The third-order valence-electron chi connectivity index (χ3n) is 2.79. The summed E-state index contributed by atoms with van der Waals surface area (Å²) in [6.45, 7) is 9.79. The van der Waals surface area contributed by atoms with Crippen LogP contribution in [0.15, 0.2) is 5.38 Å². The van der Waals surface area contributed by atoms with Crippen molar-refractivity contribution in [3.8, 4) is 0 Å². The van der Waals surface area contributed by atoms with Crippen molar-refractivity contribution in [3.05, 3.63) is 16.1 Å². The number of piperazine rings is 1. The number of aromatic nitrogens is 1. The van der Waals surface area contributed by atoms with Crippen LogP contribution in [0.3, 0.4) is 0 Å². The first-order valence-electron chi connectivity index (χ1n) is 6.49. The Bertz CT molecular complexity index is 453. The summed E-state index contributed by atoms with van der Waals surface area (Å²) < 4.78 is 5.47. The van der Waals surface area contributed by atoms with Gasteiger partial charge in [-0.25, -0.2) is 9.78 Å². The number of amides is 1. The highest BCUT2D eigenvalue weighted by Crippen LogP contribution is 2.26. The first-order valence-corrected chi connectivity index (χ1v) is 7.37. The molecule has 0 saturated carbocycles. The molecular weight excluding hydrogens is 262 g/mol. The summed E-state index contributed by atoms with van der Waals surface area (Å²) in [6, 6.07) is -0.0256. The fourth-order valence-electron chi connectivity index (χ4n) is 1.99. The number of carbonyl (C=O) groups is 1. The molecule has 1 atom stereocenters. The summed E-state index contributed by atoms with van der Waals surface area (Å²) in [7, 11) is 0. The molecule has 1 amide bonds. The average Bonchev–Trinajstić information content (AvgIpc) is 2.73. The summed E-state index contributed by atoms with van der Waals surface area (Å²) in [4.78, 5) is 18.5. The Hall–Kier alpha value is -1.14. The summed E-state index contributed by atoms with van der Waals surface area (Å²) >= 11 is 1.59. The molecule has 106 valence electrons. The molecule has 0 aliphatic carbocycles. The van der Waals surface area contributed by atoms with Crippen LogP contribution in [0.5, 0.6) is 0 Å². The third-order valence-corrected chi connectivity index (χ3v) is 3.86. The molecule has 1 aromatic rings. The van der Waals surface area contributed by atoms with Crippen molar-refractivity contribution < 1.29 is 9.53 Å². The number of aryl methyl sites for hydroxylation is 1. The van der Waals surface area contributed by atoms with Crippen LogP contribution in [-0.2, 0) is 4.74 Å². The van der Waals surface area contributed by atoms with Crippen molar-refractivity contribution in [2.45, 2.75) is 39.3 Å². The first-order chi connectivity index (χ1) is 8.87. The smallest absolute Gasteiger partial charge is 0.410 e. The van der Waals surface area contributed by atoms with Crippen LogP contribution >= 0.6 is 11.3 Å². The second-order valence-corrected chi connectivity index (χ2v) is 6.61. The van der Waals surface area contributed by atoms with Gasteiger partial charge in [-0.1, -0.05) is 0 Å². The van der Waals surface area contributed by atoms with Gasteiger partial charge in [0, 0.05) is 30.7 Å². The SMILES string of the molecule is Cc1csc(C2CNCCN2C(=O)OC(C)(C)C)n1. The van der Waals surface area contributed by atoms with Crippen molar-refractivity contribution in [2.75, 3.05) is 19.6 Å². The van der Waals surface area contributed by atoms with Crippen LogP contribution in [0.1, 0.15) is 37.5 Å². The van der Waals surface area contributed by atoms with E-state index in [9.17, 15) is 4.79 Å². The van der Waals surface area contributed by atoms with Crippen LogP contribution in [0.4, 0.5) is 4.79 Å². The second kappa shape index (κ2) is 5.46. The Kier molecular flexibility index (Phi) is 4.10. The minimum atomic E-state index is -0.467. The quantitative estimate of drug-likeness (QED) is 0.859. The van der Waals surface area contributed by atoms with Gasteiger partial charge in [0.05, 0.1) is 6.04 Å². The normalized spacial score (nSPS) is 20.4. The first kappa shape index (κ1) is 14.3. The van der Waals surface area contributed by atoms with Gasteiger partial charge < -0.3 is 10.1 Å². The zero-order valence-electron chi connectivity index (χ0n) is 11.9. The van der Waals surface area contributed by atoms with Crippen LogP contribution in [0.2, 0.25) is 0 Å². The minimum absolute atomic E-state index is 0.0256. The van der Waals surface area contributed by atoms with E-state index in [2.05, 4.69) is 10.3 Å². The predicted octanol–water partition coefficient (Wildman–Crippen LogP) is 2.33. The number of hydrogen-bond donors (Lipinski definition) is 1. The molecule has 0 spiro atoms. The van der Waals surface area contributed by atoms with E-state index in [0.717, 1.165) is 23.8 Å². The number of rotatable bonds is 1. The lowest BCUT2D eigenvalue weighted by Gasteiger charge is -2.36.